The molecule has 0 saturated carbocycles. The minimum absolute atomic E-state index is 0.134. The summed E-state index contributed by atoms with van der Waals surface area (Å²) in [6.45, 7) is 5.60. The summed E-state index contributed by atoms with van der Waals surface area (Å²) in [5.74, 6) is 0. The Hall–Kier alpha value is -0.660. The van der Waals surface area contributed by atoms with Crippen LogP contribution in [0.15, 0.2) is 24.3 Å². The third-order valence-electron chi connectivity index (χ3n) is 3.24. The predicted molar refractivity (Wildman–Crippen MR) is 83.5 cm³/mol. The van der Waals surface area contributed by atoms with Gasteiger partial charge in [0.1, 0.15) is 5.25 Å². The van der Waals surface area contributed by atoms with Gasteiger partial charge in [-0.05, 0) is 38.5 Å². The zero-order valence-electron chi connectivity index (χ0n) is 12.6. The highest BCUT2D eigenvalue weighted by Gasteiger charge is 2.44. The standard InChI is InChI=1S/C14H21ClN2O3S/c1-14(2,3)16-21(18,19)12-9-20-17(4)13(12)10-5-7-11(15)8-6-10/h5-8,12-13,16H,9H2,1-4H3/t12-,13-/m0/s1. The summed E-state index contributed by atoms with van der Waals surface area (Å²) in [6, 6.07) is 6.81. The minimum atomic E-state index is -3.51. The quantitative estimate of drug-likeness (QED) is 0.923. The molecule has 1 heterocycles. The van der Waals surface area contributed by atoms with Crippen LogP contribution >= 0.6 is 11.6 Å². The minimum Gasteiger partial charge on any atom is -0.297 e. The average Bonchev–Trinajstić information content (AvgIpc) is 2.70. The second kappa shape index (κ2) is 5.85. The van der Waals surface area contributed by atoms with Crippen LogP contribution in [0.3, 0.4) is 0 Å². The molecule has 0 unspecified atom stereocenters. The largest absolute Gasteiger partial charge is 0.297 e. The summed E-state index contributed by atoms with van der Waals surface area (Å²) < 4.78 is 27.9. The van der Waals surface area contributed by atoms with Gasteiger partial charge < -0.3 is 0 Å². The lowest BCUT2D eigenvalue weighted by Gasteiger charge is -2.27. The van der Waals surface area contributed by atoms with Gasteiger partial charge >= 0.3 is 0 Å². The lowest BCUT2D eigenvalue weighted by molar-refractivity contribution is -0.110. The van der Waals surface area contributed by atoms with E-state index in [1.165, 1.54) is 0 Å². The molecule has 2 atom stereocenters. The Labute approximate surface area is 131 Å². The first-order valence-electron chi connectivity index (χ1n) is 6.74. The molecule has 0 aliphatic carbocycles. The number of halogens is 1. The van der Waals surface area contributed by atoms with Crippen LogP contribution in [0.4, 0.5) is 0 Å². The lowest BCUT2D eigenvalue weighted by Crippen LogP contribution is -2.47. The van der Waals surface area contributed by atoms with Gasteiger partial charge in [0, 0.05) is 17.6 Å². The third-order valence-corrected chi connectivity index (χ3v) is 5.58. The van der Waals surface area contributed by atoms with Gasteiger partial charge in [0.05, 0.1) is 12.6 Å². The maximum Gasteiger partial charge on any atom is 0.219 e. The fraction of sp³-hybridized carbons (Fsp3) is 0.571. The second-order valence-corrected chi connectivity index (χ2v) is 8.61. The summed E-state index contributed by atoms with van der Waals surface area (Å²) in [4.78, 5) is 5.44. The molecule has 1 aliphatic rings. The SMILES string of the molecule is CN1OC[C@H](S(=O)(=O)NC(C)(C)C)[C@@H]1c1ccc(Cl)cc1. The van der Waals surface area contributed by atoms with E-state index in [1.807, 2.05) is 32.9 Å². The van der Waals surface area contributed by atoms with Crippen LogP contribution in [-0.4, -0.2) is 37.9 Å². The first-order chi connectivity index (χ1) is 9.60. The fourth-order valence-electron chi connectivity index (χ4n) is 2.44. The zero-order chi connectivity index (χ0) is 15.8. The monoisotopic (exact) mass is 332 g/mol. The summed E-state index contributed by atoms with van der Waals surface area (Å²) in [5, 5.41) is 1.55. The van der Waals surface area contributed by atoms with Crippen molar-refractivity contribution in [2.75, 3.05) is 13.7 Å². The second-order valence-electron chi connectivity index (χ2n) is 6.27. The number of nitrogens with one attached hydrogen (secondary N) is 1. The van der Waals surface area contributed by atoms with Gasteiger partial charge in [-0.1, -0.05) is 23.7 Å². The number of hydrogen-bond acceptors (Lipinski definition) is 4. The van der Waals surface area contributed by atoms with Crippen molar-refractivity contribution in [3.05, 3.63) is 34.9 Å². The molecule has 7 heteroatoms. The van der Waals surface area contributed by atoms with Crippen molar-refractivity contribution >= 4 is 21.6 Å². The number of benzene rings is 1. The average molecular weight is 333 g/mol. The highest BCUT2D eigenvalue weighted by molar-refractivity contribution is 7.90. The van der Waals surface area contributed by atoms with Crippen LogP contribution in [0, 0.1) is 0 Å². The van der Waals surface area contributed by atoms with Gasteiger partial charge in [-0.2, -0.15) is 5.06 Å². The maximum atomic E-state index is 12.6. The van der Waals surface area contributed by atoms with Crippen molar-refractivity contribution in [1.29, 1.82) is 0 Å². The highest BCUT2D eigenvalue weighted by atomic mass is 35.5. The van der Waals surface area contributed by atoms with Gasteiger partial charge in [0.15, 0.2) is 0 Å². The van der Waals surface area contributed by atoms with E-state index in [0.29, 0.717) is 5.02 Å². The third kappa shape index (κ3) is 3.96. The lowest BCUT2D eigenvalue weighted by atomic mass is 10.0. The number of hydroxylamine groups is 2. The molecular formula is C14H21ClN2O3S. The van der Waals surface area contributed by atoms with Gasteiger partial charge in [0.2, 0.25) is 10.0 Å². The normalized spacial score (nSPS) is 24.4. The van der Waals surface area contributed by atoms with E-state index in [-0.39, 0.29) is 12.6 Å². The highest BCUT2D eigenvalue weighted by Crippen LogP contribution is 2.34. The molecule has 1 N–H and O–H groups in total. The number of sulfonamides is 1. The molecule has 1 aliphatic heterocycles. The van der Waals surface area contributed by atoms with Crippen LogP contribution in [0.1, 0.15) is 32.4 Å². The van der Waals surface area contributed by atoms with E-state index < -0.39 is 20.8 Å². The Morgan fingerprint density at radius 1 is 1.29 bits per heavy atom. The van der Waals surface area contributed by atoms with Gasteiger partial charge in [-0.15, -0.1) is 0 Å². The molecule has 0 aromatic heterocycles. The molecule has 2 rings (SSSR count). The molecule has 5 nitrogen and oxygen atoms in total. The van der Waals surface area contributed by atoms with Crippen LogP contribution in [0.2, 0.25) is 5.02 Å². The fourth-order valence-corrected chi connectivity index (χ4v) is 4.48. The maximum absolute atomic E-state index is 12.6. The Kier molecular flexibility index (Phi) is 4.66. The summed E-state index contributed by atoms with van der Waals surface area (Å²) in [7, 11) is -1.77. The van der Waals surface area contributed by atoms with Gasteiger partial charge in [-0.3, -0.25) is 4.84 Å². The van der Waals surface area contributed by atoms with E-state index >= 15 is 0 Å². The number of hydrogen-bond donors (Lipinski definition) is 1. The molecule has 1 aromatic carbocycles. The van der Waals surface area contributed by atoms with Gasteiger partial charge in [0.25, 0.3) is 0 Å². The van der Waals surface area contributed by atoms with Crippen LogP contribution in [0.25, 0.3) is 0 Å². The molecule has 1 saturated heterocycles. The molecule has 0 bridgehead atoms. The van der Waals surface area contributed by atoms with Crippen LogP contribution in [0.5, 0.6) is 0 Å². The predicted octanol–water partition coefficient (Wildman–Crippen LogP) is 2.34. The molecule has 0 radical (unpaired) electrons. The molecule has 1 aromatic rings. The molecule has 21 heavy (non-hydrogen) atoms. The first kappa shape index (κ1) is 16.7. The molecule has 1 fully saturated rings. The topological polar surface area (TPSA) is 58.6 Å². The first-order valence-corrected chi connectivity index (χ1v) is 8.66. The summed E-state index contributed by atoms with van der Waals surface area (Å²) in [5.41, 5.74) is 0.341. The van der Waals surface area contributed by atoms with Crippen molar-refractivity contribution in [1.82, 2.24) is 9.79 Å². The summed E-state index contributed by atoms with van der Waals surface area (Å²) in [6.07, 6.45) is 0. The smallest absolute Gasteiger partial charge is 0.219 e. The number of nitrogens with zero attached hydrogens (tertiary/aromatic N) is 1. The van der Waals surface area contributed by atoms with E-state index in [9.17, 15) is 8.42 Å². The van der Waals surface area contributed by atoms with Gasteiger partial charge in [-0.25, -0.2) is 13.1 Å². The Morgan fingerprint density at radius 3 is 2.38 bits per heavy atom. The zero-order valence-corrected chi connectivity index (χ0v) is 14.2. The molecule has 0 amide bonds. The van der Waals surface area contributed by atoms with E-state index in [0.717, 1.165) is 5.56 Å². The molecule has 118 valence electrons. The summed E-state index contributed by atoms with van der Waals surface area (Å²) >= 11 is 5.89. The molecular weight excluding hydrogens is 312 g/mol. The van der Waals surface area contributed by atoms with Crippen LogP contribution < -0.4 is 4.72 Å². The van der Waals surface area contributed by atoms with E-state index in [1.54, 1.807) is 24.2 Å². The van der Waals surface area contributed by atoms with Crippen molar-refractivity contribution in [2.45, 2.75) is 37.6 Å². The van der Waals surface area contributed by atoms with Crippen molar-refractivity contribution < 1.29 is 13.3 Å². The number of rotatable bonds is 3. The van der Waals surface area contributed by atoms with Crippen molar-refractivity contribution in [3.8, 4) is 0 Å². The Morgan fingerprint density at radius 2 is 1.86 bits per heavy atom. The van der Waals surface area contributed by atoms with Crippen LogP contribution in [-0.2, 0) is 14.9 Å². The van der Waals surface area contributed by atoms with Crippen molar-refractivity contribution in [2.24, 2.45) is 0 Å². The van der Waals surface area contributed by atoms with E-state index in [4.69, 9.17) is 16.4 Å². The Bertz CT molecular complexity index is 596. The van der Waals surface area contributed by atoms with Crippen molar-refractivity contribution in [3.63, 3.8) is 0 Å². The Balaban J connectivity index is 2.32. The molecule has 0 spiro atoms. The van der Waals surface area contributed by atoms with E-state index in [2.05, 4.69) is 4.72 Å².